The molecule has 0 bridgehead atoms. The Morgan fingerprint density at radius 3 is 2.07 bits per heavy atom. The number of hydrogen-bond donors (Lipinski definition) is 0. The highest BCUT2D eigenvalue weighted by atomic mass is 15.6. The third kappa shape index (κ3) is 1.70. The summed E-state index contributed by atoms with van der Waals surface area (Å²) in [6, 6.07) is 0.736. The van der Waals surface area contributed by atoms with Crippen molar-refractivity contribution in [1.82, 2.24) is 10.0 Å². The fourth-order valence-corrected chi connectivity index (χ4v) is 2.75. The van der Waals surface area contributed by atoms with Gasteiger partial charge in [-0.2, -0.15) is 0 Å². The summed E-state index contributed by atoms with van der Waals surface area (Å²) in [4.78, 5) is 0. The molecule has 1 aliphatic heterocycles. The van der Waals surface area contributed by atoms with Gasteiger partial charge in [-0.3, -0.25) is 0 Å². The monoisotopic (exact) mass is 196 g/mol. The predicted molar refractivity (Wildman–Crippen MR) is 59.9 cm³/mol. The summed E-state index contributed by atoms with van der Waals surface area (Å²) in [5.41, 5.74) is 1.12. The van der Waals surface area contributed by atoms with Crippen LogP contribution in [0.4, 0.5) is 0 Å². The second-order valence-corrected chi connectivity index (χ2v) is 6.53. The first-order chi connectivity index (χ1) is 6.34. The lowest BCUT2D eigenvalue weighted by atomic mass is 9.83. The largest absolute Gasteiger partial charge is 0.248 e. The van der Waals surface area contributed by atoms with Crippen LogP contribution in [-0.4, -0.2) is 36.7 Å². The van der Waals surface area contributed by atoms with E-state index in [1.807, 2.05) is 0 Å². The highest BCUT2D eigenvalue weighted by Crippen LogP contribution is 2.57. The van der Waals surface area contributed by atoms with E-state index >= 15 is 0 Å². The van der Waals surface area contributed by atoms with E-state index in [9.17, 15) is 0 Å². The molecule has 14 heavy (non-hydrogen) atoms. The molecule has 1 aliphatic carbocycles. The normalized spacial score (nSPS) is 31.7. The summed E-state index contributed by atoms with van der Waals surface area (Å²) >= 11 is 0. The third-order valence-corrected chi connectivity index (χ3v) is 3.95. The molecule has 0 aromatic heterocycles. The third-order valence-electron chi connectivity index (χ3n) is 3.95. The first-order valence-electron chi connectivity index (χ1n) is 5.78. The van der Waals surface area contributed by atoms with E-state index in [2.05, 4.69) is 44.9 Å². The Kier molecular flexibility index (Phi) is 2.20. The Hall–Kier alpha value is -0.0800. The van der Waals surface area contributed by atoms with Crippen molar-refractivity contribution in [2.24, 2.45) is 10.8 Å². The van der Waals surface area contributed by atoms with Crippen LogP contribution in [0.5, 0.6) is 0 Å². The first-order valence-corrected chi connectivity index (χ1v) is 5.78. The summed E-state index contributed by atoms with van der Waals surface area (Å²) in [6.45, 7) is 8.41. The number of hydrogen-bond acceptors (Lipinski definition) is 2. The van der Waals surface area contributed by atoms with Gasteiger partial charge in [-0.1, -0.05) is 20.8 Å². The van der Waals surface area contributed by atoms with Gasteiger partial charge in [0.25, 0.3) is 0 Å². The van der Waals surface area contributed by atoms with Crippen LogP contribution in [0, 0.1) is 10.8 Å². The maximum atomic E-state index is 2.58. The molecule has 2 fully saturated rings. The summed E-state index contributed by atoms with van der Waals surface area (Å²) in [5.74, 6) is 0. The number of hydrazine groups is 1. The van der Waals surface area contributed by atoms with E-state index in [-0.39, 0.29) is 0 Å². The van der Waals surface area contributed by atoms with Gasteiger partial charge in [-0.15, -0.1) is 0 Å². The van der Waals surface area contributed by atoms with Gasteiger partial charge >= 0.3 is 0 Å². The Morgan fingerprint density at radius 2 is 1.79 bits per heavy atom. The fraction of sp³-hybridized carbons (Fsp3) is 1.00. The second-order valence-electron chi connectivity index (χ2n) is 6.53. The standard InChI is InChI=1S/C12H24N2/c1-11(2,3)10-8-12(6-7-12)9-14(10)13(4)5/h10H,6-9H2,1-5H3/t10-/m0/s1. The zero-order valence-corrected chi connectivity index (χ0v) is 10.3. The van der Waals surface area contributed by atoms with Crippen molar-refractivity contribution in [3.63, 3.8) is 0 Å². The molecule has 0 unspecified atom stereocenters. The van der Waals surface area contributed by atoms with Gasteiger partial charge in [0.05, 0.1) is 0 Å². The molecule has 2 aliphatic rings. The van der Waals surface area contributed by atoms with E-state index in [0.717, 1.165) is 6.04 Å². The summed E-state index contributed by atoms with van der Waals surface area (Å²) in [6.07, 6.45) is 4.34. The molecular weight excluding hydrogens is 172 g/mol. The molecule has 0 aromatic carbocycles. The minimum absolute atomic E-state index is 0.413. The van der Waals surface area contributed by atoms with E-state index in [4.69, 9.17) is 0 Å². The number of rotatable bonds is 1. The van der Waals surface area contributed by atoms with Crippen molar-refractivity contribution in [2.75, 3.05) is 20.6 Å². The first kappa shape index (κ1) is 10.4. The zero-order chi connectivity index (χ0) is 10.6. The molecule has 1 spiro atoms. The van der Waals surface area contributed by atoms with Crippen molar-refractivity contribution < 1.29 is 0 Å². The molecule has 0 N–H and O–H groups in total. The molecule has 2 rings (SSSR count). The Bertz CT molecular complexity index is 223. The van der Waals surface area contributed by atoms with E-state index in [0.29, 0.717) is 10.8 Å². The van der Waals surface area contributed by atoms with Crippen LogP contribution in [0.1, 0.15) is 40.0 Å². The Labute approximate surface area is 88.2 Å². The smallest absolute Gasteiger partial charge is 0.0300 e. The average molecular weight is 196 g/mol. The molecule has 0 aromatic rings. The maximum Gasteiger partial charge on any atom is 0.0300 e. The van der Waals surface area contributed by atoms with Crippen molar-refractivity contribution in [3.8, 4) is 0 Å². The SMILES string of the molecule is CN(C)N1CC2(CC2)C[C@H]1C(C)(C)C. The van der Waals surface area contributed by atoms with Crippen molar-refractivity contribution >= 4 is 0 Å². The molecule has 0 amide bonds. The molecule has 1 saturated carbocycles. The number of nitrogens with zero attached hydrogens (tertiary/aromatic N) is 2. The van der Waals surface area contributed by atoms with Crippen LogP contribution in [0.15, 0.2) is 0 Å². The lowest BCUT2D eigenvalue weighted by Crippen LogP contribution is -2.46. The fourth-order valence-electron chi connectivity index (χ4n) is 2.75. The van der Waals surface area contributed by atoms with Gasteiger partial charge in [0.15, 0.2) is 0 Å². The van der Waals surface area contributed by atoms with Gasteiger partial charge < -0.3 is 0 Å². The maximum absolute atomic E-state index is 2.58. The van der Waals surface area contributed by atoms with Crippen molar-refractivity contribution in [1.29, 1.82) is 0 Å². The van der Waals surface area contributed by atoms with Gasteiger partial charge in [0.2, 0.25) is 0 Å². The molecule has 1 atom stereocenters. The molecule has 82 valence electrons. The average Bonchev–Trinajstić information content (AvgIpc) is 2.58. The molecule has 0 radical (unpaired) electrons. The summed E-state index contributed by atoms with van der Waals surface area (Å²) < 4.78 is 0. The second kappa shape index (κ2) is 2.96. The molecule has 2 heteroatoms. The van der Waals surface area contributed by atoms with E-state index in [1.54, 1.807) is 0 Å². The highest BCUT2D eigenvalue weighted by Gasteiger charge is 2.54. The molecule has 1 saturated heterocycles. The van der Waals surface area contributed by atoms with Crippen LogP contribution in [0.2, 0.25) is 0 Å². The topological polar surface area (TPSA) is 6.48 Å². The lowest BCUT2D eigenvalue weighted by Gasteiger charge is -2.38. The minimum atomic E-state index is 0.413. The Balaban J connectivity index is 2.14. The predicted octanol–water partition coefficient (Wildman–Crippen LogP) is 2.36. The highest BCUT2D eigenvalue weighted by molar-refractivity contribution is 5.06. The lowest BCUT2D eigenvalue weighted by molar-refractivity contribution is -0.0297. The van der Waals surface area contributed by atoms with Crippen molar-refractivity contribution in [3.05, 3.63) is 0 Å². The molecular formula is C12H24N2. The van der Waals surface area contributed by atoms with E-state index in [1.165, 1.54) is 25.8 Å². The quantitative estimate of drug-likeness (QED) is 0.635. The van der Waals surface area contributed by atoms with Gasteiger partial charge in [-0.05, 0) is 30.1 Å². The van der Waals surface area contributed by atoms with Gasteiger partial charge in [0, 0.05) is 26.7 Å². The van der Waals surface area contributed by atoms with Gasteiger partial charge in [0.1, 0.15) is 0 Å². The van der Waals surface area contributed by atoms with Crippen LogP contribution >= 0.6 is 0 Å². The van der Waals surface area contributed by atoms with Gasteiger partial charge in [-0.25, -0.2) is 10.0 Å². The molecule has 1 heterocycles. The van der Waals surface area contributed by atoms with Crippen LogP contribution < -0.4 is 0 Å². The van der Waals surface area contributed by atoms with Crippen LogP contribution in [0.3, 0.4) is 0 Å². The Morgan fingerprint density at radius 1 is 1.21 bits per heavy atom. The van der Waals surface area contributed by atoms with Crippen LogP contribution in [0.25, 0.3) is 0 Å². The zero-order valence-electron chi connectivity index (χ0n) is 10.3. The molecule has 2 nitrogen and oxygen atoms in total. The van der Waals surface area contributed by atoms with Crippen molar-refractivity contribution in [2.45, 2.75) is 46.1 Å². The summed E-state index contributed by atoms with van der Waals surface area (Å²) in [5, 5.41) is 4.87. The summed E-state index contributed by atoms with van der Waals surface area (Å²) in [7, 11) is 4.36. The van der Waals surface area contributed by atoms with Crippen LogP contribution in [-0.2, 0) is 0 Å². The minimum Gasteiger partial charge on any atom is -0.248 e. The van der Waals surface area contributed by atoms with E-state index < -0.39 is 0 Å².